The van der Waals surface area contributed by atoms with E-state index in [1.54, 1.807) is 0 Å². The van der Waals surface area contributed by atoms with Crippen molar-refractivity contribution in [2.75, 3.05) is 12.0 Å². The summed E-state index contributed by atoms with van der Waals surface area (Å²) in [5, 5.41) is 0. The van der Waals surface area contributed by atoms with Crippen LogP contribution in [0.25, 0.3) is 17.2 Å². The average Bonchev–Trinajstić information content (AvgIpc) is 3.05. The molecule has 1 atom stereocenters. The normalized spacial score (nSPS) is 16.0. The third-order valence-electron chi connectivity index (χ3n) is 6.58. The first-order valence-electron chi connectivity index (χ1n) is 10.9. The summed E-state index contributed by atoms with van der Waals surface area (Å²) in [6.45, 7) is 10.00. The van der Waals surface area contributed by atoms with Gasteiger partial charge in [-0.05, 0) is 0 Å². The Bertz CT molecular complexity index is 1230. The molecular formula is C28H28Cl2HfNO. The molecule has 0 fully saturated rings. The first kappa shape index (κ1) is 26.1. The van der Waals surface area contributed by atoms with Crippen LogP contribution in [0, 0.1) is 0 Å². The van der Waals surface area contributed by atoms with Crippen molar-refractivity contribution in [1.29, 1.82) is 0 Å². The van der Waals surface area contributed by atoms with Crippen LogP contribution in [-0.2, 0) is 36.3 Å². The Labute approximate surface area is 224 Å². The van der Waals surface area contributed by atoms with Crippen LogP contribution in [0.5, 0.6) is 5.75 Å². The molecule has 1 unspecified atom stereocenters. The maximum atomic E-state index is 6.20. The molecule has 0 N–H and O–H groups in total. The number of ether oxygens (including phenoxy) is 1. The van der Waals surface area contributed by atoms with Crippen molar-refractivity contribution in [2.24, 2.45) is 0 Å². The van der Waals surface area contributed by atoms with E-state index in [1.165, 1.54) is 50.3 Å². The molecule has 169 valence electrons. The Morgan fingerprint density at radius 1 is 0.970 bits per heavy atom. The van der Waals surface area contributed by atoms with Crippen molar-refractivity contribution in [1.82, 2.24) is 0 Å². The molecule has 1 heterocycles. The summed E-state index contributed by atoms with van der Waals surface area (Å²) >= 11 is 1.12. The maximum Gasteiger partial charge on any atom is -1.00 e. The Hall–Kier alpha value is -1.55. The standard InChI is InChI=1S/C28H28NO.2ClH.Hf/c1-18-14-20-16-24(28(2,3)4)27(30-5)26(23(20)15-18)29-17-19-10-6-7-11-21(19)22-12-8-9-13-25(22)29;;;/h6-16H,17H2,1-5H3;2*1H;/q;;;+2/p-2. The van der Waals surface area contributed by atoms with Crippen molar-refractivity contribution in [3.63, 3.8) is 0 Å². The minimum Gasteiger partial charge on any atom is -1.00 e. The van der Waals surface area contributed by atoms with E-state index in [1.807, 2.05) is 7.11 Å². The van der Waals surface area contributed by atoms with E-state index in [-0.39, 0.29) is 30.2 Å². The van der Waals surface area contributed by atoms with Gasteiger partial charge in [0.2, 0.25) is 0 Å². The average molecular weight is 644 g/mol. The zero-order chi connectivity index (χ0) is 21.9. The molecule has 0 amide bonds. The van der Waals surface area contributed by atoms with E-state index >= 15 is 0 Å². The molecule has 0 saturated carbocycles. The van der Waals surface area contributed by atoms with Crippen LogP contribution in [0.2, 0.25) is 0 Å². The Morgan fingerprint density at radius 2 is 1.61 bits per heavy atom. The van der Waals surface area contributed by atoms with Crippen molar-refractivity contribution < 1.29 is 53.9 Å². The van der Waals surface area contributed by atoms with E-state index in [4.69, 9.17) is 4.74 Å². The molecule has 0 aromatic heterocycles. The third-order valence-corrected chi connectivity index (χ3v) is 9.33. The van der Waals surface area contributed by atoms with Crippen LogP contribution in [0.3, 0.4) is 0 Å². The van der Waals surface area contributed by atoms with Gasteiger partial charge >= 0.3 is 201 Å². The number of halogens is 2. The summed E-state index contributed by atoms with van der Waals surface area (Å²) in [4.78, 5) is 2.49. The third kappa shape index (κ3) is 4.22. The fraction of sp³-hybridized carbons (Fsp3) is 0.286. The molecule has 0 bridgehead atoms. The van der Waals surface area contributed by atoms with Gasteiger partial charge in [0, 0.05) is 0 Å². The minimum absolute atomic E-state index is 0. The summed E-state index contributed by atoms with van der Waals surface area (Å²) < 4.78 is 6.76. The number of para-hydroxylation sites is 1. The zero-order valence-corrected chi connectivity index (χ0v) is 24.8. The predicted molar refractivity (Wildman–Crippen MR) is 126 cm³/mol. The summed E-state index contributed by atoms with van der Waals surface area (Å²) in [6.07, 6.45) is 2.40. The first-order chi connectivity index (χ1) is 14.8. The molecule has 5 rings (SSSR count). The summed E-state index contributed by atoms with van der Waals surface area (Å²) in [5.41, 5.74) is 12.1. The van der Waals surface area contributed by atoms with Gasteiger partial charge < -0.3 is 24.8 Å². The SMILES string of the molecule is COc1c(C(C)(C)C)cc2c(c1N1Cc3ccccc3-c3ccccc31)C=C(C)[CH]2[Hf+2].[Cl-].[Cl-]. The zero-order valence-electron chi connectivity index (χ0n) is 19.7. The van der Waals surface area contributed by atoms with E-state index in [2.05, 4.69) is 93.3 Å². The topological polar surface area (TPSA) is 12.5 Å². The van der Waals surface area contributed by atoms with Crippen LogP contribution < -0.4 is 34.5 Å². The van der Waals surface area contributed by atoms with Gasteiger partial charge in [-0.3, -0.25) is 0 Å². The van der Waals surface area contributed by atoms with E-state index < -0.39 is 0 Å². The molecule has 5 heteroatoms. The molecule has 2 nitrogen and oxygen atoms in total. The second-order valence-corrected chi connectivity index (χ2v) is 11.7. The number of hydrogen-bond donors (Lipinski definition) is 0. The van der Waals surface area contributed by atoms with Crippen LogP contribution in [0.4, 0.5) is 11.4 Å². The van der Waals surface area contributed by atoms with Crippen LogP contribution in [-0.4, -0.2) is 7.11 Å². The molecule has 1 aliphatic heterocycles. The summed E-state index contributed by atoms with van der Waals surface area (Å²) in [7, 11) is 1.83. The summed E-state index contributed by atoms with van der Waals surface area (Å²) in [5.74, 6) is 1.01. The number of allylic oxidation sites excluding steroid dienone is 1. The Morgan fingerprint density at radius 3 is 2.27 bits per heavy atom. The number of methoxy groups -OCH3 is 1. The molecular weight excluding hydrogens is 616 g/mol. The number of rotatable bonds is 2. The minimum atomic E-state index is 0. The molecule has 0 radical (unpaired) electrons. The second-order valence-electron chi connectivity index (χ2n) is 9.64. The molecule has 2 aliphatic rings. The Balaban J connectivity index is 0.00000153. The van der Waals surface area contributed by atoms with Gasteiger partial charge in [0.15, 0.2) is 0 Å². The largest absolute Gasteiger partial charge is 1.00 e. The van der Waals surface area contributed by atoms with Gasteiger partial charge in [0.25, 0.3) is 0 Å². The van der Waals surface area contributed by atoms with Crippen LogP contribution in [0.15, 0.2) is 60.2 Å². The van der Waals surface area contributed by atoms with E-state index in [0.29, 0.717) is 3.67 Å². The number of hydrogen-bond acceptors (Lipinski definition) is 2. The van der Waals surface area contributed by atoms with E-state index in [0.717, 1.165) is 36.7 Å². The van der Waals surface area contributed by atoms with Crippen molar-refractivity contribution >= 4 is 17.5 Å². The smallest absolute Gasteiger partial charge is 1.00 e. The Kier molecular flexibility index (Phi) is 7.58. The van der Waals surface area contributed by atoms with E-state index in [9.17, 15) is 0 Å². The molecule has 3 aromatic carbocycles. The fourth-order valence-corrected chi connectivity index (χ4v) is 6.13. The first-order valence-corrected chi connectivity index (χ1v) is 13.0. The molecule has 1 aliphatic carbocycles. The van der Waals surface area contributed by atoms with Crippen molar-refractivity contribution in [3.05, 3.63) is 82.4 Å². The quantitative estimate of drug-likeness (QED) is 0.391. The maximum absolute atomic E-state index is 6.20. The van der Waals surface area contributed by atoms with Gasteiger partial charge in [0.05, 0.1) is 0 Å². The van der Waals surface area contributed by atoms with Crippen LogP contribution >= 0.6 is 0 Å². The van der Waals surface area contributed by atoms with Gasteiger partial charge in [-0.15, -0.1) is 0 Å². The fourth-order valence-electron chi connectivity index (χ4n) is 4.98. The predicted octanol–water partition coefficient (Wildman–Crippen LogP) is 1.32. The number of fused-ring (bicyclic) bond motifs is 4. The van der Waals surface area contributed by atoms with Gasteiger partial charge in [-0.2, -0.15) is 0 Å². The van der Waals surface area contributed by atoms with Crippen LogP contribution in [0.1, 0.15) is 53.6 Å². The second kappa shape index (κ2) is 9.60. The molecule has 0 spiro atoms. The van der Waals surface area contributed by atoms with Crippen molar-refractivity contribution in [3.8, 4) is 16.9 Å². The number of anilines is 2. The van der Waals surface area contributed by atoms with Gasteiger partial charge in [0.1, 0.15) is 0 Å². The van der Waals surface area contributed by atoms with Gasteiger partial charge in [-0.25, -0.2) is 0 Å². The summed E-state index contributed by atoms with van der Waals surface area (Å²) in [6, 6.07) is 20.0. The van der Waals surface area contributed by atoms with Crippen molar-refractivity contribution in [2.45, 2.75) is 43.3 Å². The monoisotopic (exact) mass is 644 g/mol. The van der Waals surface area contributed by atoms with Gasteiger partial charge in [-0.1, -0.05) is 0 Å². The molecule has 3 aromatic rings. The molecule has 0 saturated heterocycles. The number of benzene rings is 3. The molecule has 33 heavy (non-hydrogen) atoms. The number of nitrogens with zero attached hydrogens (tertiary/aromatic N) is 1.